The molecule has 2 aromatic rings. The van der Waals surface area contributed by atoms with Crippen molar-refractivity contribution in [2.75, 3.05) is 12.3 Å². The summed E-state index contributed by atoms with van der Waals surface area (Å²) < 4.78 is 0. The van der Waals surface area contributed by atoms with E-state index in [0.29, 0.717) is 25.4 Å². The van der Waals surface area contributed by atoms with E-state index in [1.165, 1.54) is 5.56 Å². The second-order valence-corrected chi connectivity index (χ2v) is 8.72. The molecule has 1 N–H and O–H groups in total. The maximum Gasteiger partial charge on any atom is 0.242 e. The SMILES string of the molecule is CC(C)CNC(=O)C(C)N(Cc1ccccc1)C(=O)CCSCc1ccccc1. The van der Waals surface area contributed by atoms with Crippen LogP contribution in [0.5, 0.6) is 0 Å². The Morgan fingerprint density at radius 2 is 1.52 bits per heavy atom. The van der Waals surface area contributed by atoms with Crippen molar-refractivity contribution in [2.45, 2.75) is 45.5 Å². The molecule has 2 aromatic carbocycles. The number of hydrogen-bond acceptors (Lipinski definition) is 3. The van der Waals surface area contributed by atoms with Crippen LogP contribution in [0.25, 0.3) is 0 Å². The molecule has 2 rings (SSSR count). The highest BCUT2D eigenvalue weighted by Gasteiger charge is 2.25. The first-order valence-electron chi connectivity index (χ1n) is 10.2. The van der Waals surface area contributed by atoms with Gasteiger partial charge < -0.3 is 10.2 Å². The van der Waals surface area contributed by atoms with E-state index in [1.807, 2.05) is 55.5 Å². The van der Waals surface area contributed by atoms with E-state index in [9.17, 15) is 9.59 Å². The quantitative estimate of drug-likeness (QED) is 0.553. The normalized spacial score (nSPS) is 11.9. The van der Waals surface area contributed by atoms with Gasteiger partial charge in [0.1, 0.15) is 6.04 Å². The minimum atomic E-state index is -0.499. The molecule has 0 saturated carbocycles. The molecule has 1 atom stereocenters. The van der Waals surface area contributed by atoms with Crippen molar-refractivity contribution in [3.8, 4) is 0 Å². The lowest BCUT2D eigenvalue weighted by atomic mass is 10.1. The van der Waals surface area contributed by atoms with Crippen LogP contribution in [-0.4, -0.2) is 35.1 Å². The average Bonchev–Trinajstić information content (AvgIpc) is 2.74. The van der Waals surface area contributed by atoms with Gasteiger partial charge in [0.2, 0.25) is 11.8 Å². The third-order valence-corrected chi connectivity index (χ3v) is 5.65. The largest absolute Gasteiger partial charge is 0.354 e. The van der Waals surface area contributed by atoms with Crippen molar-refractivity contribution in [1.82, 2.24) is 10.2 Å². The van der Waals surface area contributed by atoms with E-state index < -0.39 is 6.04 Å². The fraction of sp³-hybridized carbons (Fsp3) is 0.417. The van der Waals surface area contributed by atoms with E-state index in [-0.39, 0.29) is 11.8 Å². The van der Waals surface area contributed by atoms with Crippen LogP contribution < -0.4 is 5.32 Å². The monoisotopic (exact) mass is 412 g/mol. The van der Waals surface area contributed by atoms with Gasteiger partial charge in [-0.2, -0.15) is 11.8 Å². The number of hydrogen-bond donors (Lipinski definition) is 1. The van der Waals surface area contributed by atoms with Crippen LogP contribution in [0, 0.1) is 5.92 Å². The number of carbonyl (C=O) groups excluding carboxylic acids is 2. The maximum atomic E-state index is 13.0. The lowest BCUT2D eigenvalue weighted by Crippen LogP contribution is -2.48. The number of benzene rings is 2. The van der Waals surface area contributed by atoms with Gasteiger partial charge in [-0.15, -0.1) is 0 Å². The van der Waals surface area contributed by atoms with E-state index >= 15 is 0 Å². The molecular formula is C24H32N2O2S. The molecule has 5 heteroatoms. The minimum Gasteiger partial charge on any atom is -0.354 e. The zero-order chi connectivity index (χ0) is 21.1. The van der Waals surface area contributed by atoms with Crippen molar-refractivity contribution in [2.24, 2.45) is 5.92 Å². The van der Waals surface area contributed by atoms with Gasteiger partial charge in [0.25, 0.3) is 0 Å². The van der Waals surface area contributed by atoms with Gasteiger partial charge in [-0.05, 0) is 24.0 Å². The minimum absolute atomic E-state index is 0.0154. The van der Waals surface area contributed by atoms with Gasteiger partial charge in [-0.3, -0.25) is 9.59 Å². The summed E-state index contributed by atoms with van der Waals surface area (Å²) in [7, 11) is 0. The molecule has 29 heavy (non-hydrogen) atoms. The fourth-order valence-corrected chi connectivity index (χ4v) is 3.77. The van der Waals surface area contributed by atoms with Crippen LogP contribution >= 0.6 is 11.8 Å². The number of nitrogens with one attached hydrogen (secondary N) is 1. The van der Waals surface area contributed by atoms with Crippen molar-refractivity contribution in [1.29, 1.82) is 0 Å². The summed E-state index contributed by atoms with van der Waals surface area (Å²) in [4.78, 5) is 27.3. The molecular weight excluding hydrogens is 380 g/mol. The second kappa shape index (κ2) is 12.3. The third kappa shape index (κ3) is 8.32. The molecule has 0 aliphatic rings. The summed E-state index contributed by atoms with van der Waals surface area (Å²) in [6.45, 7) is 6.99. The summed E-state index contributed by atoms with van der Waals surface area (Å²) in [6.07, 6.45) is 0.423. The van der Waals surface area contributed by atoms with Gasteiger partial charge in [0, 0.05) is 31.0 Å². The van der Waals surface area contributed by atoms with E-state index in [4.69, 9.17) is 0 Å². The maximum absolute atomic E-state index is 13.0. The Morgan fingerprint density at radius 3 is 2.10 bits per heavy atom. The van der Waals surface area contributed by atoms with Crippen LogP contribution in [-0.2, 0) is 21.9 Å². The third-order valence-electron chi connectivity index (χ3n) is 4.62. The van der Waals surface area contributed by atoms with Gasteiger partial charge in [0.15, 0.2) is 0 Å². The van der Waals surface area contributed by atoms with Crippen LogP contribution in [0.3, 0.4) is 0 Å². The highest BCUT2D eigenvalue weighted by atomic mass is 32.2. The molecule has 1 unspecified atom stereocenters. The highest BCUT2D eigenvalue weighted by molar-refractivity contribution is 7.98. The molecule has 2 amide bonds. The molecule has 0 aliphatic carbocycles. The Hall–Kier alpha value is -2.27. The molecule has 0 spiro atoms. The van der Waals surface area contributed by atoms with Crippen LogP contribution in [0.1, 0.15) is 38.3 Å². The standard InChI is InChI=1S/C24H32N2O2S/c1-19(2)16-25-24(28)20(3)26(17-21-10-6-4-7-11-21)23(27)14-15-29-18-22-12-8-5-9-13-22/h4-13,19-20H,14-18H2,1-3H3,(H,25,28). The lowest BCUT2D eigenvalue weighted by Gasteiger charge is -2.29. The summed E-state index contributed by atoms with van der Waals surface area (Å²) in [6, 6.07) is 19.6. The zero-order valence-corrected chi connectivity index (χ0v) is 18.5. The summed E-state index contributed by atoms with van der Waals surface area (Å²) >= 11 is 1.74. The van der Waals surface area contributed by atoms with Gasteiger partial charge in [-0.1, -0.05) is 74.5 Å². The fourth-order valence-electron chi connectivity index (χ4n) is 2.88. The average molecular weight is 413 g/mol. The number of amides is 2. The Labute approximate surface area is 179 Å². The topological polar surface area (TPSA) is 49.4 Å². The van der Waals surface area contributed by atoms with E-state index in [0.717, 1.165) is 17.1 Å². The van der Waals surface area contributed by atoms with Crippen LogP contribution in [0.4, 0.5) is 0 Å². The first kappa shape index (κ1) is 23.0. The van der Waals surface area contributed by atoms with Gasteiger partial charge in [-0.25, -0.2) is 0 Å². The number of carbonyl (C=O) groups is 2. The molecule has 0 fully saturated rings. The Morgan fingerprint density at radius 1 is 0.931 bits per heavy atom. The molecule has 0 radical (unpaired) electrons. The van der Waals surface area contributed by atoms with Gasteiger partial charge >= 0.3 is 0 Å². The first-order valence-corrected chi connectivity index (χ1v) is 11.4. The summed E-state index contributed by atoms with van der Waals surface area (Å²) in [5.74, 6) is 1.91. The zero-order valence-electron chi connectivity index (χ0n) is 17.6. The molecule has 4 nitrogen and oxygen atoms in total. The summed E-state index contributed by atoms with van der Waals surface area (Å²) in [5.41, 5.74) is 2.29. The highest BCUT2D eigenvalue weighted by Crippen LogP contribution is 2.16. The predicted molar refractivity (Wildman–Crippen MR) is 122 cm³/mol. The Balaban J connectivity index is 1.95. The van der Waals surface area contributed by atoms with Crippen LogP contribution in [0.15, 0.2) is 60.7 Å². The smallest absolute Gasteiger partial charge is 0.242 e. The Kier molecular flexibility index (Phi) is 9.78. The van der Waals surface area contributed by atoms with Crippen molar-refractivity contribution in [3.05, 3.63) is 71.8 Å². The summed E-state index contributed by atoms with van der Waals surface area (Å²) in [5, 5.41) is 2.95. The predicted octanol–water partition coefficient (Wildman–Crippen LogP) is 4.50. The molecule has 0 bridgehead atoms. The van der Waals surface area contributed by atoms with E-state index in [2.05, 4.69) is 31.3 Å². The second-order valence-electron chi connectivity index (χ2n) is 7.61. The van der Waals surface area contributed by atoms with Gasteiger partial charge in [0.05, 0.1) is 0 Å². The number of rotatable bonds is 11. The van der Waals surface area contributed by atoms with Crippen molar-refractivity contribution < 1.29 is 9.59 Å². The molecule has 156 valence electrons. The lowest BCUT2D eigenvalue weighted by molar-refractivity contribution is -0.140. The molecule has 0 heterocycles. The molecule has 0 aromatic heterocycles. The number of nitrogens with zero attached hydrogens (tertiary/aromatic N) is 1. The van der Waals surface area contributed by atoms with Crippen molar-refractivity contribution >= 4 is 23.6 Å². The van der Waals surface area contributed by atoms with Crippen molar-refractivity contribution in [3.63, 3.8) is 0 Å². The molecule has 0 aliphatic heterocycles. The van der Waals surface area contributed by atoms with Crippen LogP contribution in [0.2, 0.25) is 0 Å². The molecule has 0 saturated heterocycles. The number of thioether (sulfide) groups is 1. The first-order chi connectivity index (χ1) is 14.0. The Bertz CT molecular complexity index is 750. The van der Waals surface area contributed by atoms with E-state index in [1.54, 1.807) is 16.7 Å².